The topological polar surface area (TPSA) is 96.8 Å². The Bertz CT molecular complexity index is 1020. The van der Waals surface area contributed by atoms with E-state index in [1.807, 2.05) is 36.4 Å². The van der Waals surface area contributed by atoms with Gasteiger partial charge >= 0.3 is 6.03 Å². The van der Waals surface area contributed by atoms with Crippen molar-refractivity contribution >= 4 is 34.6 Å². The average molecular weight is 450 g/mol. The molecule has 8 nitrogen and oxygen atoms in total. The largest absolute Gasteiger partial charge is 0.322 e. The first kappa shape index (κ1) is 21.9. The zero-order chi connectivity index (χ0) is 22.5. The Balaban J connectivity index is 1.24. The van der Waals surface area contributed by atoms with Gasteiger partial charge in [-0.1, -0.05) is 36.0 Å². The minimum atomic E-state index is -0.217. The number of nitriles is 1. The van der Waals surface area contributed by atoms with Crippen LogP contribution >= 0.6 is 11.8 Å². The number of hydrogen-bond acceptors (Lipinski definition) is 6. The zero-order valence-electron chi connectivity index (χ0n) is 17.5. The van der Waals surface area contributed by atoms with E-state index >= 15 is 0 Å². The Labute approximate surface area is 190 Å². The van der Waals surface area contributed by atoms with Crippen molar-refractivity contribution in [2.45, 2.75) is 13.1 Å². The molecule has 0 spiro atoms. The number of urea groups is 1. The van der Waals surface area contributed by atoms with Crippen LogP contribution in [0.1, 0.15) is 16.7 Å². The highest BCUT2D eigenvalue weighted by Gasteiger charge is 2.29. The Kier molecular flexibility index (Phi) is 6.73. The molecule has 0 unspecified atom stereocenters. The molecular weight excluding hydrogens is 426 g/mol. The normalized spacial score (nSPS) is 16.8. The maximum atomic E-state index is 12.6. The van der Waals surface area contributed by atoms with E-state index in [-0.39, 0.29) is 29.5 Å². The lowest BCUT2D eigenvalue weighted by molar-refractivity contribution is -0.125. The smallest absolute Gasteiger partial charge is 0.321 e. The molecule has 2 aliphatic heterocycles. The number of piperazine rings is 1. The van der Waals surface area contributed by atoms with Gasteiger partial charge in [-0.2, -0.15) is 5.26 Å². The Hall–Kier alpha value is -3.35. The van der Waals surface area contributed by atoms with E-state index in [0.717, 1.165) is 42.5 Å². The second-order valence-electron chi connectivity index (χ2n) is 7.73. The van der Waals surface area contributed by atoms with Gasteiger partial charge in [-0.25, -0.2) is 4.79 Å². The first-order valence-electron chi connectivity index (χ1n) is 10.4. The van der Waals surface area contributed by atoms with Gasteiger partial charge in [0.2, 0.25) is 5.91 Å². The number of nitrogens with one attached hydrogen (secondary N) is 1. The SMILES string of the molecule is N#Cc1ccc(CN2CCN(C(=O)Nc3ccc(CN4C(=O)CSC4=O)cc3)CC2)cc1. The Morgan fingerprint density at radius 3 is 2.16 bits per heavy atom. The van der Waals surface area contributed by atoms with Crippen LogP contribution in [0.15, 0.2) is 48.5 Å². The second kappa shape index (κ2) is 9.85. The van der Waals surface area contributed by atoms with Crippen molar-refractivity contribution in [1.29, 1.82) is 5.26 Å². The van der Waals surface area contributed by atoms with Crippen LogP contribution in [0, 0.1) is 11.3 Å². The first-order valence-corrected chi connectivity index (χ1v) is 11.3. The summed E-state index contributed by atoms with van der Waals surface area (Å²) in [4.78, 5) is 41.4. The van der Waals surface area contributed by atoms with Gasteiger partial charge in [0, 0.05) is 38.4 Å². The number of rotatable bonds is 5. The second-order valence-corrected chi connectivity index (χ2v) is 8.66. The minimum Gasteiger partial charge on any atom is -0.322 e. The fourth-order valence-electron chi connectivity index (χ4n) is 3.66. The van der Waals surface area contributed by atoms with Crippen LogP contribution in [0.5, 0.6) is 0 Å². The molecule has 2 aromatic rings. The van der Waals surface area contributed by atoms with E-state index in [4.69, 9.17) is 5.26 Å². The maximum absolute atomic E-state index is 12.6. The highest BCUT2D eigenvalue weighted by atomic mass is 32.2. The van der Waals surface area contributed by atoms with Crippen molar-refractivity contribution in [3.63, 3.8) is 0 Å². The van der Waals surface area contributed by atoms with Crippen LogP contribution in [0.25, 0.3) is 0 Å². The van der Waals surface area contributed by atoms with Crippen molar-refractivity contribution in [1.82, 2.24) is 14.7 Å². The number of nitrogens with zero attached hydrogens (tertiary/aromatic N) is 4. The molecule has 32 heavy (non-hydrogen) atoms. The zero-order valence-corrected chi connectivity index (χ0v) is 18.3. The van der Waals surface area contributed by atoms with Crippen LogP contribution in [0.4, 0.5) is 15.3 Å². The number of thioether (sulfide) groups is 1. The molecule has 0 bridgehead atoms. The van der Waals surface area contributed by atoms with E-state index in [1.165, 1.54) is 4.90 Å². The molecule has 2 aromatic carbocycles. The van der Waals surface area contributed by atoms with Crippen LogP contribution in [-0.4, -0.2) is 63.8 Å². The number of carbonyl (C=O) groups excluding carboxylic acids is 3. The molecule has 4 rings (SSSR count). The van der Waals surface area contributed by atoms with Gasteiger partial charge in [-0.05, 0) is 35.4 Å². The molecular formula is C23H23N5O3S. The molecule has 0 radical (unpaired) electrons. The fraction of sp³-hybridized carbons (Fsp3) is 0.304. The lowest BCUT2D eigenvalue weighted by Crippen LogP contribution is -2.49. The third-order valence-electron chi connectivity index (χ3n) is 5.54. The molecule has 0 aliphatic carbocycles. The molecule has 0 atom stereocenters. The standard InChI is InChI=1S/C23H23N5O3S/c24-13-17-1-3-18(4-2-17)14-26-9-11-27(12-10-26)22(30)25-20-7-5-19(6-8-20)15-28-21(29)16-32-23(28)31/h1-8H,9-12,14-16H2,(H,25,30). The summed E-state index contributed by atoms with van der Waals surface area (Å²) in [5.74, 6) is 0.0314. The molecule has 0 saturated carbocycles. The summed E-state index contributed by atoms with van der Waals surface area (Å²) in [6.07, 6.45) is 0. The highest BCUT2D eigenvalue weighted by molar-refractivity contribution is 8.14. The van der Waals surface area contributed by atoms with Crippen LogP contribution in [0.3, 0.4) is 0 Å². The lowest BCUT2D eigenvalue weighted by atomic mass is 10.1. The summed E-state index contributed by atoms with van der Waals surface area (Å²) < 4.78 is 0. The average Bonchev–Trinajstić information content (AvgIpc) is 3.13. The fourth-order valence-corrected chi connectivity index (χ4v) is 4.39. The van der Waals surface area contributed by atoms with Crippen molar-refractivity contribution in [3.05, 3.63) is 65.2 Å². The van der Waals surface area contributed by atoms with E-state index in [0.29, 0.717) is 24.3 Å². The van der Waals surface area contributed by atoms with Crippen LogP contribution in [-0.2, 0) is 17.9 Å². The molecule has 1 N–H and O–H groups in total. The lowest BCUT2D eigenvalue weighted by Gasteiger charge is -2.34. The Morgan fingerprint density at radius 2 is 1.56 bits per heavy atom. The predicted molar refractivity (Wildman–Crippen MR) is 122 cm³/mol. The van der Waals surface area contributed by atoms with Crippen molar-refractivity contribution in [2.24, 2.45) is 0 Å². The summed E-state index contributed by atoms with van der Waals surface area (Å²) in [6.45, 7) is 3.88. The third kappa shape index (κ3) is 5.28. The van der Waals surface area contributed by atoms with E-state index in [1.54, 1.807) is 17.0 Å². The third-order valence-corrected chi connectivity index (χ3v) is 6.39. The van der Waals surface area contributed by atoms with Gasteiger partial charge in [0.15, 0.2) is 0 Å². The summed E-state index contributed by atoms with van der Waals surface area (Å²) in [6, 6.07) is 16.8. The maximum Gasteiger partial charge on any atom is 0.321 e. The van der Waals surface area contributed by atoms with Crippen molar-refractivity contribution in [2.75, 3.05) is 37.2 Å². The molecule has 2 saturated heterocycles. The summed E-state index contributed by atoms with van der Waals surface area (Å²) in [5, 5.41) is 11.6. The van der Waals surface area contributed by atoms with Crippen LogP contribution in [0.2, 0.25) is 0 Å². The number of hydrogen-bond donors (Lipinski definition) is 1. The van der Waals surface area contributed by atoms with Gasteiger partial charge in [-0.15, -0.1) is 0 Å². The van der Waals surface area contributed by atoms with E-state index < -0.39 is 0 Å². The molecule has 2 fully saturated rings. The number of imide groups is 1. The monoisotopic (exact) mass is 449 g/mol. The van der Waals surface area contributed by atoms with Gasteiger partial charge in [0.05, 0.1) is 23.9 Å². The Morgan fingerprint density at radius 1 is 0.938 bits per heavy atom. The summed E-state index contributed by atoms with van der Waals surface area (Å²) in [7, 11) is 0. The molecule has 9 heteroatoms. The number of amides is 4. The van der Waals surface area contributed by atoms with Crippen molar-refractivity contribution in [3.8, 4) is 6.07 Å². The number of anilines is 1. The van der Waals surface area contributed by atoms with Gasteiger partial charge < -0.3 is 10.2 Å². The molecule has 4 amide bonds. The quantitative estimate of drug-likeness (QED) is 0.754. The van der Waals surface area contributed by atoms with E-state index in [2.05, 4.69) is 16.3 Å². The summed E-state index contributed by atoms with van der Waals surface area (Å²) >= 11 is 1.02. The van der Waals surface area contributed by atoms with Gasteiger partial charge in [0.25, 0.3) is 5.24 Å². The highest BCUT2D eigenvalue weighted by Crippen LogP contribution is 2.22. The number of carbonyl (C=O) groups is 3. The van der Waals surface area contributed by atoms with Gasteiger partial charge in [0.1, 0.15) is 0 Å². The molecule has 2 aliphatic rings. The first-order chi connectivity index (χ1) is 15.5. The minimum absolute atomic E-state index is 0.142. The van der Waals surface area contributed by atoms with Crippen LogP contribution < -0.4 is 5.32 Å². The van der Waals surface area contributed by atoms with E-state index in [9.17, 15) is 14.4 Å². The molecule has 0 aromatic heterocycles. The summed E-state index contributed by atoms with van der Waals surface area (Å²) in [5.41, 5.74) is 3.31. The van der Waals surface area contributed by atoms with Crippen molar-refractivity contribution < 1.29 is 14.4 Å². The number of benzene rings is 2. The van der Waals surface area contributed by atoms with Gasteiger partial charge in [-0.3, -0.25) is 19.4 Å². The molecule has 2 heterocycles. The molecule has 164 valence electrons. The predicted octanol–water partition coefficient (Wildman–Crippen LogP) is 3.10.